The smallest absolute Gasteiger partial charge is 0.407 e. The van der Waals surface area contributed by atoms with Gasteiger partial charge in [-0.3, -0.25) is 4.79 Å². The summed E-state index contributed by atoms with van der Waals surface area (Å²) in [4.78, 5) is 24.9. The van der Waals surface area contributed by atoms with Gasteiger partial charge in [-0.15, -0.1) is 0 Å². The van der Waals surface area contributed by atoms with Gasteiger partial charge in [0.05, 0.1) is 13.1 Å². The fourth-order valence-electron chi connectivity index (χ4n) is 1.90. The van der Waals surface area contributed by atoms with Crippen LogP contribution in [0, 0.1) is 0 Å². The van der Waals surface area contributed by atoms with Crippen LogP contribution in [0.4, 0.5) is 10.5 Å². The van der Waals surface area contributed by atoms with Gasteiger partial charge < -0.3 is 20.3 Å². The number of cyclic esters (lactones) is 1. The molecule has 1 fully saturated rings. The van der Waals surface area contributed by atoms with Gasteiger partial charge in [-0.2, -0.15) is 0 Å². The molecule has 0 unspecified atom stereocenters. The van der Waals surface area contributed by atoms with Gasteiger partial charge in [0.25, 0.3) is 5.91 Å². The molecule has 2 rings (SSSR count). The number of nitrogens with zero attached hydrogens (tertiary/aromatic N) is 1. The molecule has 0 radical (unpaired) electrons. The first kappa shape index (κ1) is 14.2. The van der Waals surface area contributed by atoms with Crippen molar-refractivity contribution in [3.05, 3.63) is 29.8 Å². The Bertz CT molecular complexity index is 487. The fourth-order valence-corrected chi connectivity index (χ4v) is 1.90. The molecule has 1 aliphatic heterocycles. The van der Waals surface area contributed by atoms with Crippen molar-refractivity contribution < 1.29 is 14.3 Å². The topological polar surface area (TPSA) is 70.7 Å². The number of ether oxygens (including phenoxy) is 1. The summed E-state index contributed by atoms with van der Waals surface area (Å²) in [7, 11) is 2.00. The molecular formula is C14H19N3O3. The molecule has 6 heteroatoms. The van der Waals surface area contributed by atoms with Gasteiger partial charge in [-0.05, 0) is 31.2 Å². The van der Waals surface area contributed by atoms with E-state index < -0.39 is 6.09 Å². The van der Waals surface area contributed by atoms with Crippen molar-refractivity contribution in [3.8, 4) is 0 Å². The van der Waals surface area contributed by atoms with Crippen molar-refractivity contribution in [3.63, 3.8) is 0 Å². The van der Waals surface area contributed by atoms with Crippen LogP contribution in [0.15, 0.2) is 24.3 Å². The first-order valence-electron chi connectivity index (χ1n) is 6.64. The Hall–Kier alpha value is -2.24. The van der Waals surface area contributed by atoms with E-state index in [-0.39, 0.29) is 12.0 Å². The Kier molecular flexibility index (Phi) is 4.45. The predicted octanol–water partition coefficient (Wildman–Crippen LogP) is 0.981. The van der Waals surface area contributed by atoms with E-state index in [2.05, 4.69) is 22.5 Å². The van der Waals surface area contributed by atoms with Crippen molar-refractivity contribution >= 4 is 17.7 Å². The van der Waals surface area contributed by atoms with Crippen LogP contribution >= 0.6 is 0 Å². The molecule has 0 spiro atoms. The second-order valence-electron chi connectivity index (χ2n) is 4.68. The van der Waals surface area contributed by atoms with Crippen LogP contribution in [0.2, 0.25) is 0 Å². The maximum atomic E-state index is 11.9. The SMILES string of the molecule is CCN(C)c1ccc(C(=O)NC[C@H]2CNC(=O)O2)cc1. The van der Waals surface area contributed by atoms with E-state index in [4.69, 9.17) is 4.74 Å². The van der Waals surface area contributed by atoms with Crippen LogP contribution in [0.1, 0.15) is 17.3 Å². The number of alkyl carbamates (subject to hydrolysis) is 1. The Balaban J connectivity index is 1.87. The van der Waals surface area contributed by atoms with Gasteiger partial charge in [-0.25, -0.2) is 4.79 Å². The summed E-state index contributed by atoms with van der Waals surface area (Å²) in [6, 6.07) is 7.40. The van der Waals surface area contributed by atoms with Crippen molar-refractivity contribution in [1.29, 1.82) is 0 Å². The highest BCUT2D eigenvalue weighted by molar-refractivity contribution is 5.94. The minimum Gasteiger partial charge on any atom is -0.442 e. The third kappa shape index (κ3) is 3.40. The lowest BCUT2D eigenvalue weighted by atomic mass is 10.2. The van der Waals surface area contributed by atoms with Crippen LogP contribution < -0.4 is 15.5 Å². The molecule has 2 amide bonds. The van der Waals surface area contributed by atoms with Crippen LogP contribution in [-0.2, 0) is 4.74 Å². The minimum atomic E-state index is -0.434. The van der Waals surface area contributed by atoms with Gasteiger partial charge in [0.1, 0.15) is 6.10 Å². The number of benzene rings is 1. The lowest BCUT2D eigenvalue weighted by molar-refractivity contribution is 0.0916. The number of hydrogen-bond acceptors (Lipinski definition) is 4. The first-order chi connectivity index (χ1) is 9.60. The quantitative estimate of drug-likeness (QED) is 0.841. The van der Waals surface area contributed by atoms with Gasteiger partial charge in [0.15, 0.2) is 0 Å². The zero-order valence-electron chi connectivity index (χ0n) is 11.7. The third-order valence-corrected chi connectivity index (χ3v) is 3.28. The molecule has 2 N–H and O–H groups in total. The molecule has 0 saturated carbocycles. The second-order valence-corrected chi connectivity index (χ2v) is 4.68. The van der Waals surface area contributed by atoms with Gasteiger partial charge in [0, 0.05) is 24.8 Å². The largest absolute Gasteiger partial charge is 0.442 e. The number of rotatable bonds is 5. The van der Waals surface area contributed by atoms with Crippen LogP contribution in [0.3, 0.4) is 0 Å². The molecule has 1 aromatic carbocycles. The van der Waals surface area contributed by atoms with E-state index >= 15 is 0 Å². The van der Waals surface area contributed by atoms with Crippen LogP contribution in [-0.4, -0.2) is 44.8 Å². The van der Waals surface area contributed by atoms with E-state index in [0.29, 0.717) is 18.7 Å². The highest BCUT2D eigenvalue weighted by Gasteiger charge is 2.22. The normalized spacial score (nSPS) is 17.3. The maximum Gasteiger partial charge on any atom is 0.407 e. The Labute approximate surface area is 118 Å². The zero-order chi connectivity index (χ0) is 14.5. The third-order valence-electron chi connectivity index (χ3n) is 3.28. The number of carbonyl (C=O) groups is 2. The zero-order valence-corrected chi connectivity index (χ0v) is 11.7. The summed E-state index contributed by atoms with van der Waals surface area (Å²) in [6.07, 6.45) is -0.729. The molecule has 1 saturated heterocycles. The van der Waals surface area contributed by atoms with Gasteiger partial charge in [-0.1, -0.05) is 0 Å². The predicted molar refractivity (Wildman–Crippen MR) is 76.0 cm³/mol. The number of carbonyl (C=O) groups excluding carboxylic acids is 2. The molecule has 0 bridgehead atoms. The number of nitrogens with one attached hydrogen (secondary N) is 2. The summed E-state index contributed by atoms with van der Waals surface area (Å²) < 4.78 is 4.94. The molecule has 0 aromatic heterocycles. The standard InChI is InChI=1S/C14H19N3O3/c1-3-17(2)11-6-4-10(5-7-11)13(18)15-8-12-9-16-14(19)20-12/h4-7,12H,3,8-9H2,1-2H3,(H,15,18)(H,16,19)/t12-/m0/s1. The molecule has 1 aliphatic rings. The van der Waals surface area contributed by atoms with E-state index in [0.717, 1.165) is 12.2 Å². The minimum absolute atomic E-state index is 0.168. The fraction of sp³-hybridized carbons (Fsp3) is 0.429. The number of anilines is 1. The van der Waals surface area contributed by atoms with Crippen molar-refractivity contribution in [2.45, 2.75) is 13.0 Å². The molecule has 1 aromatic rings. The maximum absolute atomic E-state index is 11.9. The molecule has 20 heavy (non-hydrogen) atoms. The highest BCUT2D eigenvalue weighted by atomic mass is 16.6. The lowest BCUT2D eigenvalue weighted by Gasteiger charge is -2.17. The average Bonchev–Trinajstić information content (AvgIpc) is 2.89. The molecule has 108 valence electrons. The first-order valence-corrected chi connectivity index (χ1v) is 6.64. The summed E-state index contributed by atoms with van der Waals surface area (Å²) in [5.74, 6) is -0.168. The Morgan fingerprint density at radius 3 is 2.70 bits per heavy atom. The summed E-state index contributed by atoms with van der Waals surface area (Å²) in [6.45, 7) is 3.72. The Morgan fingerprint density at radius 2 is 2.15 bits per heavy atom. The van der Waals surface area contributed by atoms with Crippen molar-refractivity contribution in [1.82, 2.24) is 10.6 Å². The van der Waals surface area contributed by atoms with Gasteiger partial charge >= 0.3 is 6.09 Å². The molecular weight excluding hydrogens is 258 g/mol. The van der Waals surface area contributed by atoms with Crippen molar-refractivity contribution in [2.75, 3.05) is 31.6 Å². The number of hydrogen-bond donors (Lipinski definition) is 2. The van der Waals surface area contributed by atoms with Crippen LogP contribution in [0.5, 0.6) is 0 Å². The van der Waals surface area contributed by atoms with E-state index in [1.54, 1.807) is 12.1 Å². The molecule has 0 aliphatic carbocycles. The van der Waals surface area contributed by atoms with Crippen molar-refractivity contribution in [2.24, 2.45) is 0 Å². The highest BCUT2D eigenvalue weighted by Crippen LogP contribution is 2.13. The Morgan fingerprint density at radius 1 is 1.45 bits per heavy atom. The van der Waals surface area contributed by atoms with E-state index in [1.165, 1.54) is 0 Å². The van der Waals surface area contributed by atoms with E-state index in [9.17, 15) is 9.59 Å². The second kappa shape index (κ2) is 6.27. The summed E-state index contributed by atoms with van der Waals surface area (Å²) in [5, 5.41) is 5.30. The number of amides is 2. The monoisotopic (exact) mass is 277 g/mol. The van der Waals surface area contributed by atoms with Crippen LogP contribution in [0.25, 0.3) is 0 Å². The lowest BCUT2D eigenvalue weighted by Crippen LogP contribution is -2.33. The van der Waals surface area contributed by atoms with Gasteiger partial charge in [0.2, 0.25) is 0 Å². The average molecular weight is 277 g/mol. The molecule has 1 heterocycles. The van der Waals surface area contributed by atoms with E-state index in [1.807, 2.05) is 19.2 Å². The molecule has 6 nitrogen and oxygen atoms in total. The molecule has 1 atom stereocenters. The summed E-state index contributed by atoms with van der Waals surface area (Å²) >= 11 is 0. The summed E-state index contributed by atoms with van der Waals surface area (Å²) in [5.41, 5.74) is 1.66.